The maximum atomic E-state index is 13.1. The molecule has 2 rings (SSSR count). The Bertz CT molecular complexity index is 970. The number of amides is 2. The van der Waals surface area contributed by atoms with Crippen LogP contribution in [0.15, 0.2) is 42.5 Å². The first-order chi connectivity index (χ1) is 15.1. The van der Waals surface area contributed by atoms with Gasteiger partial charge in [0.15, 0.2) is 0 Å². The van der Waals surface area contributed by atoms with Gasteiger partial charge in [-0.2, -0.15) is 0 Å². The van der Waals surface area contributed by atoms with Gasteiger partial charge in [0.2, 0.25) is 11.8 Å². The van der Waals surface area contributed by atoms with Crippen LogP contribution in [0.5, 0.6) is 0 Å². The lowest BCUT2D eigenvalue weighted by Gasteiger charge is -2.29. The molecular weight excluding hydrogens is 473 g/mol. The number of non-ortho nitro benzene ring substituents is 1. The summed E-state index contributed by atoms with van der Waals surface area (Å²) in [5.74, 6) is 0.181. The Labute approximate surface area is 201 Å². The second kappa shape index (κ2) is 12.1. The Kier molecular flexibility index (Phi) is 9.81. The third-order valence-corrected chi connectivity index (χ3v) is 6.17. The molecule has 1 unspecified atom stereocenters. The number of nitro benzene ring substituents is 1. The van der Waals surface area contributed by atoms with Gasteiger partial charge in [0.1, 0.15) is 6.04 Å². The summed E-state index contributed by atoms with van der Waals surface area (Å²) in [6, 6.07) is 10.5. The summed E-state index contributed by atoms with van der Waals surface area (Å²) < 4.78 is 0. The lowest BCUT2D eigenvalue weighted by Crippen LogP contribution is -2.49. The predicted molar refractivity (Wildman–Crippen MR) is 129 cm³/mol. The molecule has 0 saturated carbocycles. The quantitative estimate of drug-likeness (QED) is 0.365. The Morgan fingerprint density at radius 1 is 1.12 bits per heavy atom. The molecule has 0 aliphatic carbocycles. The molecule has 0 spiro atoms. The molecule has 2 amide bonds. The zero-order valence-electron chi connectivity index (χ0n) is 18.0. The van der Waals surface area contributed by atoms with Gasteiger partial charge in [0.05, 0.1) is 10.7 Å². The van der Waals surface area contributed by atoms with Crippen molar-refractivity contribution in [3.8, 4) is 0 Å². The number of carbonyl (C=O) groups is 2. The minimum atomic E-state index is -0.698. The molecule has 172 valence electrons. The van der Waals surface area contributed by atoms with Crippen molar-refractivity contribution in [3.05, 3.63) is 73.8 Å². The molecule has 0 aromatic heterocycles. The highest BCUT2D eigenvalue weighted by Gasteiger charge is 2.27. The van der Waals surface area contributed by atoms with Gasteiger partial charge < -0.3 is 10.2 Å². The van der Waals surface area contributed by atoms with Gasteiger partial charge in [-0.15, -0.1) is 11.8 Å². The van der Waals surface area contributed by atoms with E-state index < -0.39 is 11.0 Å². The van der Waals surface area contributed by atoms with Crippen LogP contribution in [0.1, 0.15) is 31.9 Å². The van der Waals surface area contributed by atoms with Crippen LogP contribution in [-0.4, -0.2) is 39.5 Å². The van der Waals surface area contributed by atoms with E-state index in [1.54, 1.807) is 37.3 Å². The molecule has 32 heavy (non-hydrogen) atoms. The van der Waals surface area contributed by atoms with Gasteiger partial charge in [-0.05, 0) is 44.0 Å². The second-order valence-corrected chi connectivity index (χ2v) is 9.34. The van der Waals surface area contributed by atoms with E-state index in [-0.39, 0.29) is 35.8 Å². The number of carbonyl (C=O) groups excluding carboxylic acids is 2. The van der Waals surface area contributed by atoms with Gasteiger partial charge in [0, 0.05) is 40.5 Å². The van der Waals surface area contributed by atoms with E-state index in [9.17, 15) is 19.7 Å². The smallest absolute Gasteiger partial charge is 0.269 e. The molecule has 0 fully saturated rings. The summed E-state index contributed by atoms with van der Waals surface area (Å²) in [5.41, 5.74) is 1.58. The molecule has 0 aliphatic heterocycles. The minimum Gasteiger partial charge on any atom is -0.352 e. The largest absolute Gasteiger partial charge is 0.352 e. The number of nitrogens with zero attached hydrogens (tertiary/aromatic N) is 2. The average Bonchev–Trinajstić information content (AvgIpc) is 2.72. The lowest BCUT2D eigenvalue weighted by molar-refractivity contribution is -0.384. The summed E-state index contributed by atoms with van der Waals surface area (Å²) in [5, 5.41) is 14.5. The Balaban J connectivity index is 2.09. The van der Waals surface area contributed by atoms with Gasteiger partial charge in [-0.1, -0.05) is 41.4 Å². The van der Waals surface area contributed by atoms with Crippen molar-refractivity contribution in [2.75, 3.05) is 5.75 Å². The van der Waals surface area contributed by atoms with Crippen LogP contribution in [0.4, 0.5) is 5.69 Å². The number of rotatable bonds is 10. The zero-order valence-corrected chi connectivity index (χ0v) is 20.3. The van der Waals surface area contributed by atoms with Gasteiger partial charge in [0.25, 0.3) is 5.69 Å². The zero-order chi connectivity index (χ0) is 23.8. The number of hydrogen-bond donors (Lipinski definition) is 1. The van der Waals surface area contributed by atoms with Crippen LogP contribution in [0.3, 0.4) is 0 Å². The van der Waals surface area contributed by atoms with Crippen molar-refractivity contribution >= 4 is 52.5 Å². The maximum Gasteiger partial charge on any atom is 0.269 e. The average molecular weight is 498 g/mol. The van der Waals surface area contributed by atoms with Crippen LogP contribution >= 0.6 is 35.0 Å². The van der Waals surface area contributed by atoms with Gasteiger partial charge in [-0.3, -0.25) is 19.7 Å². The van der Waals surface area contributed by atoms with Crippen LogP contribution in [0, 0.1) is 10.1 Å². The van der Waals surface area contributed by atoms with Crippen molar-refractivity contribution < 1.29 is 14.5 Å². The normalized spacial score (nSPS) is 11.8. The fourth-order valence-corrected chi connectivity index (χ4v) is 4.21. The second-order valence-electron chi connectivity index (χ2n) is 7.51. The Hall–Kier alpha value is -2.29. The fraction of sp³-hybridized carbons (Fsp3) is 0.364. The van der Waals surface area contributed by atoms with Crippen LogP contribution < -0.4 is 5.32 Å². The van der Waals surface area contributed by atoms with Crippen molar-refractivity contribution in [2.24, 2.45) is 0 Å². The van der Waals surface area contributed by atoms with Crippen LogP contribution in [0.25, 0.3) is 0 Å². The number of nitro groups is 1. The maximum absolute atomic E-state index is 13.1. The summed E-state index contributed by atoms with van der Waals surface area (Å²) in [7, 11) is 0. The van der Waals surface area contributed by atoms with E-state index in [0.717, 1.165) is 5.56 Å². The number of benzene rings is 2. The molecule has 0 heterocycles. The summed E-state index contributed by atoms with van der Waals surface area (Å²) >= 11 is 13.6. The van der Waals surface area contributed by atoms with E-state index in [1.165, 1.54) is 28.8 Å². The Morgan fingerprint density at radius 2 is 1.78 bits per heavy atom. The molecule has 0 bridgehead atoms. The van der Waals surface area contributed by atoms with Crippen molar-refractivity contribution in [2.45, 2.75) is 45.2 Å². The molecule has 2 aromatic carbocycles. The van der Waals surface area contributed by atoms with Crippen molar-refractivity contribution in [1.82, 2.24) is 10.2 Å². The Morgan fingerprint density at radius 3 is 2.34 bits per heavy atom. The highest BCUT2D eigenvalue weighted by atomic mass is 35.5. The highest BCUT2D eigenvalue weighted by Crippen LogP contribution is 2.24. The number of hydrogen-bond acceptors (Lipinski definition) is 5. The molecule has 7 nitrogen and oxygen atoms in total. The fourth-order valence-electron chi connectivity index (χ4n) is 2.87. The summed E-state index contributed by atoms with van der Waals surface area (Å²) in [4.78, 5) is 37.5. The number of halogens is 2. The molecule has 0 saturated heterocycles. The third-order valence-electron chi connectivity index (χ3n) is 4.60. The molecule has 1 N–H and O–H groups in total. The number of thioether (sulfide) groups is 1. The van der Waals surface area contributed by atoms with E-state index in [1.807, 2.05) is 13.8 Å². The summed E-state index contributed by atoms with van der Waals surface area (Å²) in [6.07, 6.45) is 0. The SMILES string of the molecule is CC(C)NC(=O)C(C)N(Cc1ccc(Cl)cc1Cl)C(=O)CSCc1ccc([N+](=O)[O-])cc1. The van der Waals surface area contributed by atoms with E-state index in [4.69, 9.17) is 23.2 Å². The molecule has 0 radical (unpaired) electrons. The standard InChI is InChI=1S/C22H25Cl2N3O4S/c1-14(2)25-22(29)15(3)26(11-17-6-7-18(23)10-20(17)24)21(28)13-32-12-16-4-8-19(9-5-16)27(30)31/h4-10,14-15H,11-13H2,1-3H3,(H,25,29). The first kappa shape index (κ1) is 26.0. The topological polar surface area (TPSA) is 92.6 Å². The van der Waals surface area contributed by atoms with E-state index in [0.29, 0.717) is 21.4 Å². The monoisotopic (exact) mass is 497 g/mol. The van der Waals surface area contributed by atoms with E-state index >= 15 is 0 Å². The molecule has 2 aromatic rings. The van der Waals surface area contributed by atoms with Gasteiger partial charge >= 0.3 is 0 Å². The molecular formula is C22H25Cl2N3O4S. The van der Waals surface area contributed by atoms with E-state index in [2.05, 4.69) is 5.32 Å². The van der Waals surface area contributed by atoms with Crippen molar-refractivity contribution in [1.29, 1.82) is 0 Å². The van der Waals surface area contributed by atoms with Crippen molar-refractivity contribution in [3.63, 3.8) is 0 Å². The van der Waals surface area contributed by atoms with Crippen LogP contribution in [0.2, 0.25) is 10.0 Å². The highest BCUT2D eigenvalue weighted by molar-refractivity contribution is 7.99. The van der Waals surface area contributed by atoms with Gasteiger partial charge in [-0.25, -0.2) is 0 Å². The predicted octanol–water partition coefficient (Wildman–Crippen LogP) is 5.08. The third kappa shape index (κ3) is 7.69. The molecule has 0 aliphatic rings. The van der Waals surface area contributed by atoms with Crippen LogP contribution in [-0.2, 0) is 21.9 Å². The molecule has 1 atom stereocenters. The first-order valence-corrected chi connectivity index (χ1v) is 11.8. The molecule has 10 heteroatoms. The lowest BCUT2D eigenvalue weighted by atomic mass is 10.1. The first-order valence-electron chi connectivity index (χ1n) is 9.93. The minimum absolute atomic E-state index is 0.0193. The summed E-state index contributed by atoms with van der Waals surface area (Å²) in [6.45, 7) is 5.56. The number of nitrogens with one attached hydrogen (secondary N) is 1.